The van der Waals surface area contributed by atoms with Gasteiger partial charge >= 0.3 is 0 Å². The molecular formula is C19H30ClN. The molecule has 0 atom stereocenters. The minimum Gasteiger partial charge on any atom is -0.320 e. The lowest BCUT2D eigenvalue weighted by atomic mass is 9.68. The number of rotatable bonds is 6. The van der Waals surface area contributed by atoms with Crippen molar-refractivity contribution in [1.29, 1.82) is 0 Å². The third-order valence-corrected chi connectivity index (χ3v) is 5.76. The van der Waals surface area contributed by atoms with Gasteiger partial charge in [0.1, 0.15) is 0 Å². The Hall–Kier alpha value is -0.530. The Balaban J connectivity index is 2.06. The molecule has 1 aromatic rings. The van der Waals surface area contributed by atoms with Crippen LogP contribution in [0.2, 0.25) is 5.02 Å². The summed E-state index contributed by atoms with van der Waals surface area (Å²) < 4.78 is 0. The highest BCUT2D eigenvalue weighted by atomic mass is 35.5. The molecule has 0 spiro atoms. The first-order valence-electron chi connectivity index (χ1n) is 8.47. The first-order valence-corrected chi connectivity index (χ1v) is 8.84. The Morgan fingerprint density at radius 2 is 1.71 bits per heavy atom. The molecule has 0 aromatic heterocycles. The predicted molar refractivity (Wildman–Crippen MR) is 93.3 cm³/mol. The Morgan fingerprint density at radius 1 is 1.05 bits per heavy atom. The summed E-state index contributed by atoms with van der Waals surface area (Å²) in [4.78, 5) is 0. The van der Waals surface area contributed by atoms with Crippen molar-refractivity contribution in [1.82, 2.24) is 5.32 Å². The highest BCUT2D eigenvalue weighted by Crippen LogP contribution is 2.43. The zero-order valence-electron chi connectivity index (χ0n) is 13.9. The first kappa shape index (κ1) is 16.8. The van der Waals surface area contributed by atoms with Gasteiger partial charge in [-0.1, -0.05) is 36.9 Å². The van der Waals surface area contributed by atoms with Crippen molar-refractivity contribution in [3.63, 3.8) is 0 Å². The SMILES string of the molecule is CNCCC1(CCc2cc(C)c(C)cc2Cl)CCCCC1. The molecule has 1 aromatic carbocycles. The average Bonchev–Trinajstić information content (AvgIpc) is 2.49. The van der Waals surface area contributed by atoms with Crippen molar-refractivity contribution in [3.05, 3.63) is 33.8 Å². The van der Waals surface area contributed by atoms with Crippen molar-refractivity contribution >= 4 is 11.6 Å². The number of hydrogen-bond acceptors (Lipinski definition) is 1. The van der Waals surface area contributed by atoms with Crippen molar-refractivity contribution in [3.8, 4) is 0 Å². The normalized spacial score (nSPS) is 17.9. The highest BCUT2D eigenvalue weighted by molar-refractivity contribution is 6.31. The molecule has 0 aliphatic heterocycles. The van der Waals surface area contributed by atoms with Gasteiger partial charge in [0.25, 0.3) is 0 Å². The van der Waals surface area contributed by atoms with Gasteiger partial charge in [0.2, 0.25) is 0 Å². The molecule has 0 saturated heterocycles. The molecule has 0 amide bonds. The van der Waals surface area contributed by atoms with E-state index >= 15 is 0 Å². The van der Waals surface area contributed by atoms with Gasteiger partial charge in [-0.05, 0) is 87.7 Å². The zero-order valence-corrected chi connectivity index (χ0v) is 14.7. The summed E-state index contributed by atoms with van der Waals surface area (Å²) in [5, 5.41) is 4.30. The summed E-state index contributed by atoms with van der Waals surface area (Å²) in [5.74, 6) is 0. The van der Waals surface area contributed by atoms with Crippen LogP contribution in [0, 0.1) is 19.3 Å². The fourth-order valence-corrected chi connectivity index (χ4v) is 4.06. The molecule has 21 heavy (non-hydrogen) atoms. The van der Waals surface area contributed by atoms with E-state index in [-0.39, 0.29) is 0 Å². The highest BCUT2D eigenvalue weighted by Gasteiger charge is 2.31. The third-order valence-electron chi connectivity index (χ3n) is 5.41. The molecule has 0 heterocycles. The molecule has 0 unspecified atom stereocenters. The number of aryl methyl sites for hydroxylation is 3. The lowest BCUT2D eigenvalue weighted by molar-refractivity contribution is 0.157. The predicted octanol–water partition coefficient (Wildman–Crippen LogP) is 5.45. The van der Waals surface area contributed by atoms with Gasteiger partial charge in [0.15, 0.2) is 0 Å². The number of nitrogens with one attached hydrogen (secondary N) is 1. The quantitative estimate of drug-likeness (QED) is 0.737. The van der Waals surface area contributed by atoms with Gasteiger partial charge in [-0.3, -0.25) is 0 Å². The van der Waals surface area contributed by atoms with Crippen molar-refractivity contribution in [2.75, 3.05) is 13.6 Å². The van der Waals surface area contributed by atoms with Crippen molar-refractivity contribution in [2.45, 2.75) is 65.2 Å². The smallest absolute Gasteiger partial charge is 0.0440 e. The second-order valence-corrected chi connectivity index (χ2v) is 7.35. The second-order valence-electron chi connectivity index (χ2n) is 6.94. The minimum atomic E-state index is 0.545. The second kappa shape index (κ2) is 7.65. The number of halogens is 1. The molecule has 1 N–H and O–H groups in total. The summed E-state index contributed by atoms with van der Waals surface area (Å²) in [6.45, 7) is 5.47. The van der Waals surface area contributed by atoms with Gasteiger partial charge in [-0.15, -0.1) is 0 Å². The monoisotopic (exact) mass is 307 g/mol. The van der Waals surface area contributed by atoms with E-state index < -0.39 is 0 Å². The van der Waals surface area contributed by atoms with E-state index in [1.807, 2.05) is 0 Å². The molecule has 1 fully saturated rings. The summed E-state index contributed by atoms with van der Waals surface area (Å²) in [5.41, 5.74) is 4.55. The zero-order chi connectivity index (χ0) is 15.3. The molecular weight excluding hydrogens is 278 g/mol. The van der Waals surface area contributed by atoms with E-state index in [2.05, 4.69) is 38.3 Å². The maximum Gasteiger partial charge on any atom is 0.0440 e. The van der Waals surface area contributed by atoms with Gasteiger partial charge in [0.05, 0.1) is 0 Å². The number of hydrogen-bond donors (Lipinski definition) is 1. The third kappa shape index (κ3) is 4.47. The van der Waals surface area contributed by atoms with Crippen LogP contribution in [0.5, 0.6) is 0 Å². The molecule has 0 radical (unpaired) electrons. The first-order chi connectivity index (χ1) is 10.1. The van der Waals surface area contributed by atoms with Crippen molar-refractivity contribution < 1.29 is 0 Å². The topological polar surface area (TPSA) is 12.0 Å². The van der Waals surface area contributed by atoms with Gasteiger partial charge in [-0.25, -0.2) is 0 Å². The molecule has 1 aliphatic carbocycles. The van der Waals surface area contributed by atoms with Gasteiger partial charge in [0, 0.05) is 5.02 Å². The fourth-order valence-electron chi connectivity index (χ4n) is 3.75. The molecule has 0 bridgehead atoms. The molecule has 2 heteroatoms. The van der Waals surface area contributed by atoms with Crippen LogP contribution in [0.25, 0.3) is 0 Å². The van der Waals surface area contributed by atoms with Crippen LogP contribution in [-0.4, -0.2) is 13.6 Å². The van der Waals surface area contributed by atoms with Crippen LogP contribution in [0.15, 0.2) is 12.1 Å². The largest absolute Gasteiger partial charge is 0.320 e. The van der Waals surface area contributed by atoms with E-state index in [1.165, 1.54) is 61.6 Å². The summed E-state index contributed by atoms with van der Waals surface area (Å²) in [6, 6.07) is 4.43. The Kier molecular flexibility index (Phi) is 6.13. The van der Waals surface area contributed by atoms with Crippen LogP contribution < -0.4 is 5.32 Å². The minimum absolute atomic E-state index is 0.545. The van der Waals surface area contributed by atoms with Crippen LogP contribution >= 0.6 is 11.6 Å². The van der Waals surface area contributed by atoms with E-state index in [4.69, 9.17) is 11.6 Å². The maximum atomic E-state index is 6.46. The molecule has 2 rings (SSSR count). The van der Waals surface area contributed by atoms with Crippen LogP contribution in [-0.2, 0) is 6.42 Å². The Morgan fingerprint density at radius 3 is 2.38 bits per heavy atom. The molecule has 1 aliphatic rings. The van der Waals surface area contributed by atoms with E-state index in [0.29, 0.717) is 5.41 Å². The summed E-state index contributed by atoms with van der Waals surface area (Å²) in [7, 11) is 2.07. The fraction of sp³-hybridized carbons (Fsp3) is 0.684. The van der Waals surface area contributed by atoms with Crippen molar-refractivity contribution in [2.24, 2.45) is 5.41 Å². The van der Waals surface area contributed by atoms with E-state index in [0.717, 1.165) is 18.0 Å². The van der Waals surface area contributed by atoms with Crippen LogP contribution in [0.3, 0.4) is 0 Å². The molecule has 1 saturated carbocycles. The summed E-state index contributed by atoms with van der Waals surface area (Å²) in [6.07, 6.45) is 10.8. The molecule has 1 nitrogen and oxygen atoms in total. The molecule has 118 valence electrons. The standard InChI is InChI=1S/C19H30ClN/c1-15-13-17(18(20)14-16(15)2)7-10-19(11-12-21-3)8-5-4-6-9-19/h13-14,21H,4-12H2,1-3H3. The lowest BCUT2D eigenvalue weighted by Gasteiger charge is -2.38. The lowest BCUT2D eigenvalue weighted by Crippen LogP contribution is -2.29. The maximum absolute atomic E-state index is 6.46. The van der Waals surface area contributed by atoms with Gasteiger partial charge in [-0.2, -0.15) is 0 Å². The average molecular weight is 308 g/mol. The van der Waals surface area contributed by atoms with Crippen LogP contribution in [0.4, 0.5) is 0 Å². The Bertz CT molecular complexity index is 461. The summed E-state index contributed by atoms with van der Waals surface area (Å²) >= 11 is 6.46. The Labute approximate surface area is 135 Å². The van der Waals surface area contributed by atoms with E-state index in [9.17, 15) is 0 Å². The van der Waals surface area contributed by atoms with Gasteiger partial charge < -0.3 is 5.32 Å². The number of benzene rings is 1. The van der Waals surface area contributed by atoms with E-state index in [1.54, 1.807) is 0 Å². The van der Waals surface area contributed by atoms with Crippen LogP contribution in [0.1, 0.15) is 61.6 Å².